The molecule has 2 aromatic carbocycles. The Morgan fingerprint density at radius 2 is 1.67 bits per heavy atom. The van der Waals surface area contributed by atoms with Crippen molar-refractivity contribution in [1.82, 2.24) is 10.6 Å². The van der Waals surface area contributed by atoms with Crippen molar-refractivity contribution in [2.45, 2.75) is 18.9 Å². The minimum Gasteiger partial charge on any atom is -0.330 e. The first-order chi connectivity index (χ1) is 14.1. The number of carbonyl (C=O) groups excluding carboxylic acids is 4. The van der Waals surface area contributed by atoms with Crippen LogP contribution in [0.25, 0.3) is 0 Å². The Kier molecular flexibility index (Phi) is 5.29. The molecule has 0 unspecified atom stereocenters. The average Bonchev–Trinajstić information content (AvgIpc) is 2.72. The van der Waals surface area contributed by atoms with Crippen LogP contribution in [0.5, 0.6) is 0 Å². The van der Waals surface area contributed by atoms with Crippen molar-refractivity contribution in [2.24, 2.45) is 0 Å². The van der Waals surface area contributed by atoms with E-state index in [2.05, 4.69) is 0 Å². The predicted octanol–water partition coefficient (Wildman–Crippen LogP) is 2.40. The lowest BCUT2D eigenvalue weighted by molar-refractivity contribution is -0.137. The van der Waals surface area contributed by atoms with E-state index in [1.54, 1.807) is 6.07 Å². The number of barbiturate groups is 1. The van der Waals surface area contributed by atoms with Gasteiger partial charge in [-0.2, -0.15) is 0 Å². The Bertz CT molecular complexity index is 1080. The monoisotopic (exact) mass is 423 g/mol. The van der Waals surface area contributed by atoms with Crippen LogP contribution < -0.4 is 15.5 Å². The van der Waals surface area contributed by atoms with E-state index in [4.69, 9.17) is 0 Å². The highest BCUT2D eigenvalue weighted by Gasteiger charge is 2.54. The fourth-order valence-electron chi connectivity index (χ4n) is 2.96. The van der Waals surface area contributed by atoms with Gasteiger partial charge < -0.3 is 5.32 Å². The van der Waals surface area contributed by atoms with Crippen LogP contribution in [-0.4, -0.2) is 29.3 Å². The Morgan fingerprint density at radius 1 is 1.03 bits per heavy atom. The highest BCUT2D eigenvalue weighted by Crippen LogP contribution is 2.26. The van der Waals surface area contributed by atoms with Crippen molar-refractivity contribution < 1.29 is 36.7 Å². The molecule has 2 N–H and O–H groups in total. The van der Waals surface area contributed by atoms with Gasteiger partial charge in [-0.15, -0.1) is 0 Å². The topological polar surface area (TPSA) is 95.6 Å². The molecule has 7 nitrogen and oxygen atoms in total. The van der Waals surface area contributed by atoms with Gasteiger partial charge in [-0.1, -0.05) is 25.1 Å². The maximum absolute atomic E-state index is 14.0. The van der Waals surface area contributed by atoms with E-state index < -0.39 is 64.5 Å². The Morgan fingerprint density at radius 3 is 2.27 bits per heavy atom. The molecular formula is C19H13F4N3O4. The van der Waals surface area contributed by atoms with Crippen LogP contribution in [0.15, 0.2) is 36.4 Å². The molecule has 0 aliphatic carbocycles. The molecule has 11 heteroatoms. The summed E-state index contributed by atoms with van der Waals surface area (Å²) in [6.45, 7) is 1.32. The zero-order chi connectivity index (χ0) is 22.2. The van der Waals surface area contributed by atoms with Crippen molar-refractivity contribution in [2.75, 3.05) is 4.90 Å². The third kappa shape index (κ3) is 3.17. The molecule has 156 valence electrons. The zero-order valence-electron chi connectivity index (χ0n) is 15.3. The number of amides is 5. The third-order valence-corrected chi connectivity index (χ3v) is 4.60. The number of anilines is 1. The standard InChI is InChI=1S/C19H13F4N3O4/c1-2-19(25-15(27)10-8-11(20)13(22)14(23)12(10)21)16(28)24-18(30)26(17(19)29)9-6-4-3-5-7-9/h3-8H,2H2,1H3,(H,25,27)(H,24,28,30)/t19-/m0/s1. The number of carbonyl (C=O) groups is 4. The van der Waals surface area contributed by atoms with Crippen LogP contribution in [-0.2, 0) is 9.59 Å². The van der Waals surface area contributed by atoms with Crippen molar-refractivity contribution in [3.05, 3.63) is 65.2 Å². The lowest BCUT2D eigenvalue weighted by Gasteiger charge is -2.39. The summed E-state index contributed by atoms with van der Waals surface area (Å²) in [5.74, 6) is -12.1. The number of rotatable bonds is 4. The molecule has 30 heavy (non-hydrogen) atoms. The molecule has 0 saturated carbocycles. The van der Waals surface area contributed by atoms with Gasteiger partial charge in [0.25, 0.3) is 17.7 Å². The zero-order valence-corrected chi connectivity index (χ0v) is 15.3. The fourth-order valence-corrected chi connectivity index (χ4v) is 2.96. The average molecular weight is 423 g/mol. The highest BCUT2D eigenvalue weighted by molar-refractivity contribution is 6.33. The van der Waals surface area contributed by atoms with E-state index >= 15 is 0 Å². The van der Waals surface area contributed by atoms with Gasteiger partial charge in [-0.3, -0.25) is 19.7 Å². The summed E-state index contributed by atoms with van der Waals surface area (Å²) in [5, 5.41) is 3.86. The number of benzene rings is 2. The molecule has 1 saturated heterocycles. The molecule has 3 rings (SSSR count). The van der Waals surface area contributed by atoms with E-state index in [1.807, 2.05) is 10.6 Å². The Labute approximate surface area is 166 Å². The number of urea groups is 1. The van der Waals surface area contributed by atoms with Gasteiger partial charge in [0.2, 0.25) is 0 Å². The molecule has 0 bridgehead atoms. The van der Waals surface area contributed by atoms with Crippen LogP contribution >= 0.6 is 0 Å². The molecule has 0 aromatic heterocycles. The number of nitrogens with one attached hydrogen (secondary N) is 2. The van der Waals surface area contributed by atoms with Crippen molar-refractivity contribution in [1.29, 1.82) is 0 Å². The quantitative estimate of drug-likeness (QED) is 0.342. The van der Waals surface area contributed by atoms with Crippen LogP contribution in [0.4, 0.5) is 28.0 Å². The highest BCUT2D eigenvalue weighted by atomic mass is 19.2. The summed E-state index contributed by atoms with van der Waals surface area (Å²) in [7, 11) is 0. The fraction of sp³-hybridized carbons (Fsp3) is 0.158. The second-order valence-corrected chi connectivity index (χ2v) is 6.30. The summed E-state index contributed by atoms with van der Waals surface area (Å²) in [5.41, 5.74) is -3.58. The van der Waals surface area contributed by atoms with Crippen LogP contribution in [0.2, 0.25) is 0 Å². The van der Waals surface area contributed by atoms with Gasteiger partial charge in [0.1, 0.15) is 0 Å². The lowest BCUT2D eigenvalue weighted by atomic mass is 9.90. The van der Waals surface area contributed by atoms with Crippen LogP contribution in [0.3, 0.4) is 0 Å². The Balaban J connectivity index is 2.04. The lowest BCUT2D eigenvalue weighted by Crippen LogP contribution is -2.74. The largest absolute Gasteiger partial charge is 0.335 e. The number of halogens is 4. The summed E-state index contributed by atoms with van der Waals surface area (Å²) in [4.78, 5) is 50.8. The second-order valence-electron chi connectivity index (χ2n) is 6.30. The molecule has 1 aliphatic rings. The van der Waals surface area contributed by atoms with Crippen LogP contribution in [0.1, 0.15) is 23.7 Å². The summed E-state index contributed by atoms with van der Waals surface area (Å²) in [6.07, 6.45) is -0.395. The first-order valence-corrected chi connectivity index (χ1v) is 8.54. The van der Waals surface area contributed by atoms with E-state index in [-0.39, 0.29) is 11.8 Å². The van der Waals surface area contributed by atoms with Crippen molar-refractivity contribution >= 4 is 29.4 Å². The summed E-state index contributed by atoms with van der Waals surface area (Å²) < 4.78 is 54.1. The number of nitrogens with zero attached hydrogens (tertiary/aromatic N) is 1. The number of hydrogen-bond acceptors (Lipinski definition) is 4. The van der Waals surface area contributed by atoms with E-state index in [0.717, 1.165) is 0 Å². The Hall–Kier alpha value is -3.76. The number of para-hydroxylation sites is 1. The molecule has 2 aromatic rings. The van der Waals surface area contributed by atoms with Gasteiger partial charge in [-0.25, -0.2) is 27.3 Å². The molecule has 1 fully saturated rings. The van der Waals surface area contributed by atoms with E-state index in [9.17, 15) is 36.7 Å². The van der Waals surface area contributed by atoms with E-state index in [0.29, 0.717) is 4.90 Å². The minimum absolute atomic E-state index is 0.0737. The van der Waals surface area contributed by atoms with Crippen molar-refractivity contribution in [3.63, 3.8) is 0 Å². The SMILES string of the molecule is CC[C@]1(NC(=O)c2cc(F)c(F)c(F)c2F)C(=O)NC(=O)N(c2ccccc2)C1=O. The smallest absolute Gasteiger partial charge is 0.330 e. The van der Waals surface area contributed by atoms with Gasteiger partial charge in [0.05, 0.1) is 11.3 Å². The molecule has 1 atom stereocenters. The summed E-state index contributed by atoms with van der Waals surface area (Å²) >= 11 is 0. The first kappa shape index (κ1) is 21.0. The molecule has 0 radical (unpaired) electrons. The van der Waals surface area contributed by atoms with E-state index in [1.165, 1.54) is 31.2 Å². The predicted molar refractivity (Wildman–Crippen MR) is 94.2 cm³/mol. The number of hydrogen-bond donors (Lipinski definition) is 2. The van der Waals surface area contributed by atoms with Gasteiger partial charge >= 0.3 is 6.03 Å². The van der Waals surface area contributed by atoms with Gasteiger partial charge in [0, 0.05) is 0 Å². The maximum Gasteiger partial charge on any atom is 0.335 e. The number of imide groups is 2. The molecule has 1 aliphatic heterocycles. The maximum atomic E-state index is 14.0. The molecular weight excluding hydrogens is 410 g/mol. The normalized spacial score (nSPS) is 19.0. The minimum atomic E-state index is -2.39. The first-order valence-electron chi connectivity index (χ1n) is 8.54. The third-order valence-electron chi connectivity index (χ3n) is 4.60. The molecule has 0 spiro atoms. The van der Waals surface area contributed by atoms with Gasteiger partial charge in [0.15, 0.2) is 28.8 Å². The second kappa shape index (κ2) is 7.58. The van der Waals surface area contributed by atoms with Crippen LogP contribution in [0, 0.1) is 23.3 Å². The van der Waals surface area contributed by atoms with Gasteiger partial charge in [-0.05, 0) is 24.6 Å². The summed E-state index contributed by atoms with van der Waals surface area (Å²) in [6, 6.07) is 6.42. The molecule has 5 amide bonds. The van der Waals surface area contributed by atoms with Crippen molar-refractivity contribution in [3.8, 4) is 0 Å². The molecule has 1 heterocycles.